The topological polar surface area (TPSA) is 107 Å². The van der Waals surface area contributed by atoms with Crippen molar-refractivity contribution in [1.82, 2.24) is 9.91 Å². The number of amides is 3. The molecule has 5 rings (SSSR count). The van der Waals surface area contributed by atoms with Crippen molar-refractivity contribution in [2.45, 2.75) is 31.6 Å². The second-order valence-electron chi connectivity index (χ2n) is 8.23. The number of nitriles is 1. The number of hydrogen-bond acceptors (Lipinski definition) is 6. The monoisotopic (exact) mass is 467 g/mol. The number of nitrogens with one attached hydrogen (secondary N) is 1. The van der Waals surface area contributed by atoms with Crippen LogP contribution in [0.1, 0.15) is 30.5 Å². The van der Waals surface area contributed by atoms with E-state index in [4.69, 9.17) is 14.7 Å². The number of halogens is 2. The number of carbonyl (C=O) groups excluding carboxylic acids is 2. The van der Waals surface area contributed by atoms with Gasteiger partial charge in [0.1, 0.15) is 17.7 Å². The predicted octanol–water partition coefficient (Wildman–Crippen LogP) is 3.17. The van der Waals surface area contributed by atoms with Crippen molar-refractivity contribution in [2.24, 2.45) is 5.10 Å². The van der Waals surface area contributed by atoms with Gasteiger partial charge in [-0.05, 0) is 30.7 Å². The summed E-state index contributed by atoms with van der Waals surface area (Å²) in [5.74, 6) is -1.39. The van der Waals surface area contributed by atoms with Gasteiger partial charge in [-0.2, -0.15) is 10.4 Å². The number of carbonyl (C=O) groups is 2. The molecule has 1 fully saturated rings. The number of fused-ring (bicyclic) bond motifs is 1. The Bertz CT molecular complexity index is 1250. The zero-order valence-corrected chi connectivity index (χ0v) is 18.0. The number of benzene rings is 2. The molecule has 2 aromatic carbocycles. The summed E-state index contributed by atoms with van der Waals surface area (Å²) in [4.78, 5) is 26.2. The molecule has 174 valence electrons. The van der Waals surface area contributed by atoms with Crippen LogP contribution in [0.15, 0.2) is 35.4 Å². The summed E-state index contributed by atoms with van der Waals surface area (Å²) in [6, 6.07) is 7.43. The molecule has 3 amide bonds. The Morgan fingerprint density at radius 1 is 1.26 bits per heavy atom. The molecular weight excluding hydrogens is 448 g/mol. The first-order chi connectivity index (χ1) is 16.3. The van der Waals surface area contributed by atoms with Crippen LogP contribution in [0.2, 0.25) is 0 Å². The fourth-order valence-corrected chi connectivity index (χ4v) is 4.04. The first-order valence-corrected chi connectivity index (χ1v) is 10.6. The smallest absolute Gasteiger partial charge is 0.341 e. The Kier molecular flexibility index (Phi) is 5.28. The maximum Gasteiger partial charge on any atom is 0.341 e. The van der Waals surface area contributed by atoms with Crippen LogP contribution in [0.25, 0.3) is 0 Å². The van der Waals surface area contributed by atoms with E-state index in [9.17, 15) is 18.4 Å². The normalized spacial score (nSPS) is 21.3. The van der Waals surface area contributed by atoms with Crippen LogP contribution in [-0.2, 0) is 4.79 Å². The molecule has 2 aromatic rings. The van der Waals surface area contributed by atoms with Crippen LogP contribution in [0.3, 0.4) is 0 Å². The number of ether oxygens (including phenoxy) is 2. The SMILES string of the molecule is CC1Oc2cc(F)c(OC3CN(C(=O)N4N=CC[C@H]4c4cc(F)cc(C#N)c4)C3)cc2NC1=O. The van der Waals surface area contributed by atoms with Gasteiger partial charge in [0, 0.05) is 24.8 Å². The quantitative estimate of drug-likeness (QED) is 0.746. The second-order valence-corrected chi connectivity index (χ2v) is 8.23. The third-order valence-electron chi connectivity index (χ3n) is 5.84. The number of nitrogens with zero attached hydrogens (tertiary/aromatic N) is 4. The van der Waals surface area contributed by atoms with Crippen molar-refractivity contribution in [3.05, 3.63) is 53.1 Å². The van der Waals surface area contributed by atoms with Gasteiger partial charge in [0.05, 0.1) is 36.5 Å². The maximum atomic E-state index is 14.5. The second kappa shape index (κ2) is 8.30. The fraction of sp³-hybridized carbons (Fsp3) is 0.304. The van der Waals surface area contributed by atoms with E-state index in [1.54, 1.807) is 13.1 Å². The third-order valence-corrected chi connectivity index (χ3v) is 5.84. The van der Waals surface area contributed by atoms with Crippen LogP contribution in [-0.4, -0.2) is 53.4 Å². The number of urea groups is 1. The van der Waals surface area contributed by atoms with Gasteiger partial charge in [-0.3, -0.25) is 4.79 Å². The minimum absolute atomic E-state index is 0.0600. The van der Waals surface area contributed by atoms with E-state index in [0.717, 1.165) is 12.1 Å². The number of anilines is 1. The lowest BCUT2D eigenvalue weighted by Crippen LogP contribution is -2.58. The van der Waals surface area contributed by atoms with Crippen molar-refractivity contribution < 1.29 is 27.8 Å². The predicted molar refractivity (Wildman–Crippen MR) is 115 cm³/mol. The van der Waals surface area contributed by atoms with Gasteiger partial charge >= 0.3 is 6.03 Å². The third kappa shape index (κ3) is 3.87. The van der Waals surface area contributed by atoms with E-state index in [0.29, 0.717) is 17.7 Å². The van der Waals surface area contributed by atoms with Gasteiger partial charge in [-0.1, -0.05) is 0 Å². The lowest BCUT2D eigenvalue weighted by atomic mass is 10.0. The highest BCUT2D eigenvalue weighted by molar-refractivity contribution is 5.97. The standard InChI is InChI=1S/C23H19F2N5O4/c1-12-22(31)28-18-8-20(17(25)7-21(18)33-12)34-16-10-29(11-16)23(32)30-19(2-3-27-30)14-4-13(9-26)5-15(24)6-14/h3-8,12,16,19H,2,10-11H2,1H3,(H,28,31)/t12?,19-/m0/s1. The minimum atomic E-state index is -0.721. The molecule has 0 aromatic heterocycles. The van der Waals surface area contributed by atoms with Crippen molar-refractivity contribution in [3.63, 3.8) is 0 Å². The molecule has 0 spiro atoms. The molecule has 0 radical (unpaired) electrons. The number of rotatable bonds is 3. The van der Waals surface area contributed by atoms with E-state index in [1.807, 2.05) is 6.07 Å². The van der Waals surface area contributed by atoms with Crippen LogP contribution in [0.4, 0.5) is 19.3 Å². The largest absolute Gasteiger partial charge is 0.484 e. The Balaban J connectivity index is 1.23. The van der Waals surface area contributed by atoms with E-state index < -0.39 is 35.9 Å². The van der Waals surface area contributed by atoms with E-state index in [1.165, 1.54) is 28.1 Å². The molecule has 1 N–H and O–H groups in total. The van der Waals surface area contributed by atoms with Crippen LogP contribution < -0.4 is 14.8 Å². The van der Waals surface area contributed by atoms with E-state index in [2.05, 4.69) is 10.4 Å². The summed E-state index contributed by atoms with van der Waals surface area (Å²) in [5.41, 5.74) is 0.952. The Morgan fingerprint density at radius 2 is 2.06 bits per heavy atom. The lowest BCUT2D eigenvalue weighted by Gasteiger charge is -2.41. The van der Waals surface area contributed by atoms with Crippen LogP contribution >= 0.6 is 0 Å². The van der Waals surface area contributed by atoms with Gasteiger partial charge in [-0.15, -0.1) is 0 Å². The number of likely N-dealkylation sites (tertiary alicyclic amines) is 1. The summed E-state index contributed by atoms with van der Waals surface area (Å²) >= 11 is 0. The van der Waals surface area contributed by atoms with Crippen molar-refractivity contribution in [2.75, 3.05) is 18.4 Å². The Hall–Kier alpha value is -4.20. The molecule has 9 nitrogen and oxygen atoms in total. The summed E-state index contributed by atoms with van der Waals surface area (Å²) < 4.78 is 39.4. The molecule has 0 aliphatic carbocycles. The summed E-state index contributed by atoms with van der Waals surface area (Å²) in [6.45, 7) is 1.95. The highest BCUT2D eigenvalue weighted by Crippen LogP contribution is 2.37. The minimum Gasteiger partial charge on any atom is -0.484 e. The zero-order chi connectivity index (χ0) is 24.0. The molecule has 0 bridgehead atoms. The van der Waals surface area contributed by atoms with Gasteiger partial charge in [-0.25, -0.2) is 18.6 Å². The summed E-state index contributed by atoms with van der Waals surface area (Å²) in [7, 11) is 0. The molecule has 34 heavy (non-hydrogen) atoms. The first-order valence-electron chi connectivity index (χ1n) is 10.6. The highest BCUT2D eigenvalue weighted by Gasteiger charge is 2.39. The molecule has 11 heteroatoms. The molecule has 0 saturated carbocycles. The molecular formula is C23H19F2N5O4. The zero-order valence-electron chi connectivity index (χ0n) is 18.0. The van der Waals surface area contributed by atoms with Crippen LogP contribution in [0.5, 0.6) is 11.5 Å². The lowest BCUT2D eigenvalue weighted by molar-refractivity contribution is -0.122. The van der Waals surface area contributed by atoms with Gasteiger partial charge in [0.15, 0.2) is 17.7 Å². The van der Waals surface area contributed by atoms with Crippen molar-refractivity contribution >= 4 is 23.8 Å². The average molecular weight is 467 g/mol. The van der Waals surface area contributed by atoms with Gasteiger partial charge in [0.2, 0.25) is 0 Å². The molecule has 1 saturated heterocycles. The van der Waals surface area contributed by atoms with E-state index >= 15 is 0 Å². The highest BCUT2D eigenvalue weighted by atomic mass is 19.1. The van der Waals surface area contributed by atoms with Gasteiger partial charge in [0.25, 0.3) is 5.91 Å². The first kappa shape index (κ1) is 21.6. The molecule has 3 aliphatic rings. The van der Waals surface area contributed by atoms with Gasteiger partial charge < -0.3 is 19.7 Å². The Labute approximate surface area is 193 Å². The number of hydrazone groups is 1. The fourth-order valence-electron chi connectivity index (χ4n) is 4.04. The molecule has 3 aliphatic heterocycles. The molecule has 2 atom stereocenters. The van der Waals surface area contributed by atoms with Crippen molar-refractivity contribution in [1.29, 1.82) is 5.26 Å². The molecule has 1 unspecified atom stereocenters. The summed E-state index contributed by atoms with van der Waals surface area (Å²) in [6.07, 6.45) is 0.772. The number of hydrogen-bond donors (Lipinski definition) is 1. The van der Waals surface area contributed by atoms with Crippen LogP contribution in [0, 0.1) is 23.0 Å². The van der Waals surface area contributed by atoms with E-state index in [-0.39, 0.29) is 36.1 Å². The Morgan fingerprint density at radius 3 is 2.82 bits per heavy atom. The average Bonchev–Trinajstić information content (AvgIpc) is 3.27. The summed E-state index contributed by atoms with van der Waals surface area (Å²) in [5, 5.41) is 17.1. The maximum absolute atomic E-state index is 14.5. The van der Waals surface area contributed by atoms with Crippen molar-refractivity contribution in [3.8, 4) is 17.6 Å². The molecule has 3 heterocycles.